The van der Waals surface area contributed by atoms with Crippen molar-refractivity contribution in [3.63, 3.8) is 0 Å². The molecule has 0 saturated carbocycles. The summed E-state index contributed by atoms with van der Waals surface area (Å²) >= 11 is 3.60. The molecular weight excluding hydrogens is 275 g/mol. The molecule has 0 spiro atoms. The van der Waals surface area contributed by atoms with E-state index in [9.17, 15) is 0 Å². The van der Waals surface area contributed by atoms with E-state index < -0.39 is 0 Å². The Labute approximate surface area is 83.5 Å². The maximum absolute atomic E-state index is 5.17. The first kappa shape index (κ1) is 9.34. The van der Waals surface area contributed by atoms with E-state index in [0.717, 1.165) is 28.5 Å². The Morgan fingerprint density at radius 2 is 2.45 bits per heavy atom. The summed E-state index contributed by atoms with van der Waals surface area (Å²) in [5.41, 5.74) is 0. The van der Waals surface area contributed by atoms with Crippen molar-refractivity contribution in [3.05, 3.63) is 8.84 Å². The maximum Gasteiger partial charge on any atom is 0.173 e. The van der Waals surface area contributed by atoms with Crippen molar-refractivity contribution in [2.45, 2.75) is 13.3 Å². The van der Waals surface area contributed by atoms with Crippen molar-refractivity contribution in [1.82, 2.24) is 9.36 Å². The molecule has 5 heteroatoms. The summed E-state index contributed by atoms with van der Waals surface area (Å²) in [7, 11) is 0. The van der Waals surface area contributed by atoms with E-state index in [2.05, 4.69) is 31.9 Å². The second-order valence-corrected chi connectivity index (χ2v) is 4.42. The molecule has 0 fully saturated rings. The molecule has 0 saturated heterocycles. The highest BCUT2D eigenvalue weighted by Gasteiger charge is 1.99. The molecule has 0 N–H and O–H groups in total. The molecule has 1 rings (SSSR count). The third-order valence-electron chi connectivity index (χ3n) is 1.12. The van der Waals surface area contributed by atoms with Gasteiger partial charge in [-0.1, -0.05) is 0 Å². The van der Waals surface area contributed by atoms with Crippen LogP contribution in [0.1, 0.15) is 12.7 Å². The Balaban J connectivity index is 2.27. The number of hydrogen-bond donors (Lipinski definition) is 0. The van der Waals surface area contributed by atoms with Gasteiger partial charge in [0.15, 0.2) is 3.01 Å². The van der Waals surface area contributed by atoms with E-state index in [1.807, 2.05) is 6.92 Å². The van der Waals surface area contributed by atoms with E-state index in [4.69, 9.17) is 4.74 Å². The van der Waals surface area contributed by atoms with Gasteiger partial charge in [0.2, 0.25) is 0 Å². The minimum Gasteiger partial charge on any atom is -0.381 e. The van der Waals surface area contributed by atoms with Crippen LogP contribution in [0.3, 0.4) is 0 Å². The molecule has 1 aromatic rings. The summed E-state index contributed by atoms with van der Waals surface area (Å²) in [6.45, 7) is 3.47. The first-order valence-corrected chi connectivity index (χ1v) is 5.24. The lowest BCUT2D eigenvalue weighted by Gasteiger charge is -1.95. The summed E-state index contributed by atoms with van der Waals surface area (Å²) in [6.07, 6.45) is 0.827. The van der Waals surface area contributed by atoms with Gasteiger partial charge in [-0.25, -0.2) is 4.98 Å². The number of ether oxygens (including phenoxy) is 1. The third kappa shape index (κ3) is 3.44. The average molecular weight is 284 g/mol. The van der Waals surface area contributed by atoms with Crippen LogP contribution in [0.15, 0.2) is 0 Å². The topological polar surface area (TPSA) is 35.0 Å². The second-order valence-electron chi connectivity index (χ2n) is 1.91. The van der Waals surface area contributed by atoms with Crippen LogP contribution >= 0.6 is 34.1 Å². The lowest BCUT2D eigenvalue weighted by atomic mass is 10.4. The monoisotopic (exact) mass is 284 g/mol. The Hall–Kier alpha value is 0.250. The number of halogens is 1. The Bertz CT molecular complexity index is 216. The standard InChI is InChI=1S/C6H9IN2OS/c1-2-10-4-3-5-8-6(7)11-9-5/h2-4H2,1H3. The van der Waals surface area contributed by atoms with Crippen molar-refractivity contribution in [2.24, 2.45) is 0 Å². The molecular formula is C6H9IN2OS. The van der Waals surface area contributed by atoms with Gasteiger partial charge < -0.3 is 4.74 Å². The van der Waals surface area contributed by atoms with Crippen molar-refractivity contribution < 1.29 is 4.74 Å². The second kappa shape index (κ2) is 5.00. The fraction of sp³-hybridized carbons (Fsp3) is 0.667. The van der Waals surface area contributed by atoms with Gasteiger partial charge in [0, 0.05) is 13.0 Å². The minimum atomic E-state index is 0.726. The van der Waals surface area contributed by atoms with Crippen LogP contribution in [0.5, 0.6) is 0 Å². The molecule has 3 nitrogen and oxygen atoms in total. The molecule has 0 aliphatic rings. The van der Waals surface area contributed by atoms with E-state index >= 15 is 0 Å². The van der Waals surface area contributed by atoms with E-state index in [1.54, 1.807) is 0 Å². The van der Waals surface area contributed by atoms with E-state index in [0.29, 0.717) is 0 Å². The third-order valence-corrected chi connectivity index (χ3v) is 2.49. The average Bonchev–Trinajstić information content (AvgIpc) is 2.37. The highest BCUT2D eigenvalue weighted by atomic mass is 127. The Morgan fingerprint density at radius 1 is 1.64 bits per heavy atom. The molecule has 0 aliphatic heterocycles. The molecule has 0 aromatic carbocycles. The van der Waals surface area contributed by atoms with E-state index in [-0.39, 0.29) is 0 Å². The van der Waals surface area contributed by atoms with Crippen LogP contribution in [0.2, 0.25) is 0 Å². The van der Waals surface area contributed by atoms with Crippen LogP contribution in [0.4, 0.5) is 0 Å². The summed E-state index contributed by atoms with van der Waals surface area (Å²) in [6, 6.07) is 0. The van der Waals surface area contributed by atoms with Gasteiger partial charge in [0.05, 0.1) is 6.61 Å². The first-order chi connectivity index (χ1) is 5.33. The van der Waals surface area contributed by atoms with Crippen LogP contribution in [-0.4, -0.2) is 22.6 Å². The molecule has 0 radical (unpaired) electrons. The van der Waals surface area contributed by atoms with Crippen molar-refractivity contribution in [1.29, 1.82) is 0 Å². The highest BCUT2D eigenvalue weighted by molar-refractivity contribution is 14.1. The SMILES string of the molecule is CCOCCc1nsc(I)n1. The van der Waals surface area contributed by atoms with Gasteiger partial charge in [-0.3, -0.25) is 0 Å². The predicted octanol–water partition coefficient (Wildman–Crippen LogP) is 1.72. The summed E-state index contributed by atoms with van der Waals surface area (Å²) < 4.78 is 10.3. The summed E-state index contributed by atoms with van der Waals surface area (Å²) in [5, 5.41) is 0. The molecule has 11 heavy (non-hydrogen) atoms. The highest BCUT2D eigenvalue weighted by Crippen LogP contribution is 2.07. The maximum atomic E-state index is 5.17. The minimum absolute atomic E-state index is 0.726. The van der Waals surface area contributed by atoms with Gasteiger partial charge in [-0.05, 0) is 41.0 Å². The molecule has 0 bridgehead atoms. The van der Waals surface area contributed by atoms with Crippen LogP contribution < -0.4 is 0 Å². The van der Waals surface area contributed by atoms with Crippen LogP contribution in [0, 0.1) is 3.01 Å². The fourth-order valence-corrected chi connectivity index (χ4v) is 1.67. The molecule has 0 unspecified atom stereocenters. The van der Waals surface area contributed by atoms with Crippen molar-refractivity contribution >= 4 is 34.1 Å². The lowest BCUT2D eigenvalue weighted by Crippen LogP contribution is -1.99. The molecule has 1 aromatic heterocycles. The van der Waals surface area contributed by atoms with Gasteiger partial charge >= 0.3 is 0 Å². The number of hydrogen-bond acceptors (Lipinski definition) is 4. The number of aromatic nitrogens is 2. The Morgan fingerprint density at radius 3 is 3.00 bits per heavy atom. The zero-order valence-corrected chi connectivity index (χ0v) is 9.18. The van der Waals surface area contributed by atoms with Crippen LogP contribution in [-0.2, 0) is 11.2 Å². The lowest BCUT2D eigenvalue weighted by molar-refractivity contribution is 0.149. The first-order valence-electron chi connectivity index (χ1n) is 3.38. The van der Waals surface area contributed by atoms with Gasteiger partial charge in [-0.15, -0.1) is 0 Å². The molecule has 0 aliphatic carbocycles. The zero-order chi connectivity index (χ0) is 8.10. The van der Waals surface area contributed by atoms with Crippen molar-refractivity contribution in [3.8, 4) is 0 Å². The van der Waals surface area contributed by atoms with Crippen LogP contribution in [0.25, 0.3) is 0 Å². The Kier molecular flexibility index (Phi) is 4.24. The molecule has 0 amide bonds. The van der Waals surface area contributed by atoms with Gasteiger partial charge in [0.25, 0.3) is 0 Å². The normalized spacial score (nSPS) is 10.4. The summed E-state index contributed by atoms with van der Waals surface area (Å²) in [5.74, 6) is 0.896. The summed E-state index contributed by atoms with van der Waals surface area (Å²) in [4.78, 5) is 4.20. The predicted molar refractivity (Wildman–Crippen MR) is 52.8 cm³/mol. The zero-order valence-electron chi connectivity index (χ0n) is 6.21. The van der Waals surface area contributed by atoms with Gasteiger partial charge in [-0.2, -0.15) is 4.37 Å². The quantitative estimate of drug-likeness (QED) is 0.624. The smallest absolute Gasteiger partial charge is 0.173 e. The van der Waals surface area contributed by atoms with E-state index in [1.165, 1.54) is 11.5 Å². The molecule has 62 valence electrons. The number of nitrogens with zero attached hydrogens (tertiary/aromatic N) is 2. The number of rotatable bonds is 4. The molecule has 0 atom stereocenters. The van der Waals surface area contributed by atoms with Crippen molar-refractivity contribution in [2.75, 3.05) is 13.2 Å². The largest absolute Gasteiger partial charge is 0.381 e. The molecule has 1 heterocycles. The fourth-order valence-electron chi connectivity index (χ4n) is 0.642. The van der Waals surface area contributed by atoms with Gasteiger partial charge in [0.1, 0.15) is 5.82 Å².